The minimum Gasteiger partial charge on any atom is -0.396 e. The molecule has 0 bridgehead atoms. The van der Waals surface area contributed by atoms with Gasteiger partial charge in [0.15, 0.2) is 12.4 Å². The van der Waals surface area contributed by atoms with Crippen molar-refractivity contribution in [3.8, 4) is 0 Å². The highest BCUT2D eigenvalue weighted by atomic mass is 16.2. The Morgan fingerprint density at radius 3 is 2.58 bits per heavy atom. The largest absolute Gasteiger partial charge is 0.396 e. The Kier molecular flexibility index (Phi) is 3.74. The van der Waals surface area contributed by atoms with Crippen molar-refractivity contribution in [1.82, 2.24) is 0 Å². The zero-order valence-electron chi connectivity index (χ0n) is 7.40. The molecule has 0 spiro atoms. The summed E-state index contributed by atoms with van der Waals surface area (Å²) >= 11 is 0. The summed E-state index contributed by atoms with van der Waals surface area (Å²) in [4.78, 5) is 0. The number of nitrogens with zero attached hydrogens (tertiary/aromatic N) is 1. The monoisotopic (exact) mass is 165 g/mol. The molecule has 0 aromatic carbocycles. The van der Waals surface area contributed by atoms with Crippen LogP contribution in [0.15, 0.2) is 24.5 Å². The molecule has 0 amide bonds. The summed E-state index contributed by atoms with van der Waals surface area (Å²) in [5, 5.41) is 8.59. The lowest BCUT2D eigenvalue weighted by molar-refractivity contribution is -0.693. The fourth-order valence-corrected chi connectivity index (χ4v) is 1.05. The molecule has 0 saturated heterocycles. The second-order valence-corrected chi connectivity index (χ2v) is 2.68. The molecule has 1 aromatic heterocycles. The van der Waals surface area contributed by atoms with Gasteiger partial charge in [0, 0.05) is 18.7 Å². The molecule has 0 aliphatic carbocycles. The highest BCUT2D eigenvalue weighted by molar-refractivity contribution is 5.17. The van der Waals surface area contributed by atoms with Crippen LogP contribution in [-0.2, 0) is 6.54 Å². The number of aliphatic hydroxyl groups excluding tert-OH is 1. The van der Waals surface area contributed by atoms with Crippen LogP contribution in [0.5, 0.6) is 0 Å². The lowest BCUT2D eigenvalue weighted by atomic mass is 10.1. The van der Waals surface area contributed by atoms with Crippen LogP contribution in [0.25, 0.3) is 0 Å². The van der Waals surface area contributed by atoms with Gasteiger partial charge in [-0.1, -0.05) is 0 Å². The molecule has 12 heavy (non-hydrogen) atoms. The zero-order chi connectivity index (χ0) is 8.81. The summed E-state index contributed by atoms with van der Waals surface area (Å²) in [7, 11) is 0. The molecule has 0 saturated carbocycles. The van der Waals surface area contributed by atoms with E-state index in [2.05, 4.69) is 23.6 Å². The lowest BCUT2D eigenvalue weighted by Crippen LogP contribution is -2.30. The first-order chi connectivity index (χ1) is 5.86. The van der Waals surface area contributed by atoms with Crippen LogP contribution in [0.3, 0.4) is 0 Å². The fourth-order valence-electron chi connectivity index (χ4n) is 1.05. The van der Waals surface area contributed by atoms with Crippen LogP contribution < -0.4 is 4.57 Å². The molecule has 0 fully saturated rings. The van der Waals surface area contributed by atoms with Gasteiger partial charge in [-0.25, -0.2) is 4.57 Å². The van der Waals surface area contributed by atoms with E-state index in [9.17, 15) is 0 Å². The number of hydrogen-bond acceptors (Lipinski definition) is 1. The average Bonchev–Trinajstić information content (AvgIpc) is 2.15. The van der Waals surface area contributed by atoms with Gasteiger partial charge in [-0.05, 0) is 25.3 Å². The summed E-state index contributed by atoms with van der Waals surface area (Å²) < 4.78 is 2.11. The molecule has 2 heteroatoms. The molecule has 0 aliphatic heterocycles. The van der Waals surface area contributed by atoms with Crippen molar-refractivity contribution in [1.29, 1.82) is 0 Å². The van der Waals surface area contributed by atoms with Gasteiger partial charge in [0.25, 0.3) is 0 Å². The van der Waals surface area contributed by atoms with Crippen molar-refractivity contribution in [2.24, 2.45) is 0 Å². The van der Waals surface area contributed by atoms with Gasteiger partial charge in [-0.3, -0.25) is 0 Å². The maximum atomic E-state index is 8.59. The van der Waals surface area contributed by atoms with Gasteiger partial charge in [0.2, 0.25) is 0 Å². The van der Waals surface area contributed by atoms with Crippen LogP contribution >= 0.6 is 0 Å². The number of hydrogen-bond donors (Lipinski definition) is 1. The van der Waals surface area contributed by atoms with E-state index in [1.807, 2.05) is 18.8 Å². The number of aryl methyl sites for hydroxylation is 1. The van der Waals surface area contributed by atoms with Crippen molar-refractivity contribution < 1.29 is 9.67 Å². The van der Waals surface area contributed by atoms with Crippen LogP contribution in [0.1, 0.15) is 18.9 Å². The van der Waals surface area contributed by atoms with Crippen LogP contribution in [0.4, 0.5) is 0 Å². The zero-order valence-corrected chi connectivity index (χ0v) is 7.40. The second-order valence-electron chi connectivity index (χ2n) is 2.68. The standard InChI is InChI=1S/C10H15NO/c1-2-11-7-5-10(6-8-11)4-3-9-12/h4-8,12H,2-3,9H2,1H3/q+1. The Bertz CT molecular complexity index is 218. The third kappa shape index (κ3) is 2.62. The normalized spacial score (nSPS) is 10.2. The Morgan fingerprint density at radius 2 is 2.08 bits per heavy atom. The molecule has 0 aliphatic rings. The number of pyridine rings is 1. The molecule has 2 nitrogen and oxygen atoms in total. The molecule has 1 aromatic rings. The first-order valence-electron chi connectivity index (χ1n) is 4.30. The average molecular weight is 165 g/mol. The summed E-state index contributed by atoms with van der Waals surface area (Å²) in [5.41, 5.74) is 1.17. The van der Waals surface area contributed by atoms with Crippen molar-refractivity contribution >= 4 is 0 Å². The van der Waals surface area contributed by atoms with Crippen LogP contribution in [-0.4, -0.2) is 11.7 Å². The predicted molar refractivity (Wildman–Crippen MR) is 47.4 cm³/mol. The molecule has 65 valence electrons. The number of rotatable bonds is 4. The topological polar surface area (TPSA) is 24.1 Å². The van der Waals surface area contributed by atoms with E-state index in [1.54, 1.807) is 0 Å². The van der Waals surface area contributed by atoms with E-state index in [-0.39, 0.29) is 6.61 Å². The lowest BCUT2D eigenvalue weighted by Gasteiger charge is -1.96. The smallest absolute Gasteiger partial charge is 0.169 e. The van der Waals surface area contributed by atoms with Gasteiger partial charge >= 0.3 is 0 Å². The predicted octanol–water partition coefficient (Wildman–Crippen LogP) is 0.929. The van der Waals surface area contributed by atoms with Gasteiger partial charge in [0.1, 0.15) is 6.54 Å². The second kappa shape index (κ2) is 4.88. The summed E-state index contributed by atoms with van der Waals surface area (Å²) in [6, 6.07) is 4.11. The van der Waals surface area contributed by atoms with E-state index >= 15 is 0 Å². The summed E-state index contributed by atoms with van der Waals surface area (Å²) in [5.74, 6) is 0. The Balaban J connectivity index is 2.53. The first-order valence-corrected chi connectivity index (χ1v) is 4.30. The van der Waals surface area contributed by atoms with Crippen molar-refractivity contribution in [2.45, 2.75) is 19.9 Å². The van der Waals surface area contributed by atoms with Crippen LogP contribution in [0.2, 0.25) is 0 Å². The van der Waals surface area contributed by atoms with Crippen molar-refractivity contribution in [2.75, 3.05) is 6.61 Å². The first kappa shape index (κ1) is 9.20. The quantitative estimate of drug-likeness (QED) is 0.659. The highest BCUT2D eigenvalue weighted by Crippen LogP contribution is 2.01. The molecule has 0 unspecified atom stereocenters. The minimum absolute atomic E-state index is 0.225. The molecule has 1 heterocycles. The molecule has 1 rings (SSSR count). The van der Waals surface area contributed by atoms with E-state index < -0.39 is 0 Å². The van der Waals surface area contributed by atoms with E-state index in [1.165, 1.54) is 5.56 Å². The molecule has 1 radical (unpaired) electrons. The third-order valence-electron chi connectivity index (χ3n) is 1.79. The van der Waals surface area contributed by atoms with Crippen LogP contribution in [0, 0.1) is 6.42 Å². The van der Waals surface area contributed by atoms with Crippen molar-refractivity contribution in [3.63, 3.8) is 0 Å². The minimum atomic E-state index is 0.225. The molecule has 1 N–H and O–H groups in total. The van der Waals surface area contributed by atoms with Gasteiger partial charge in [-0.15, -0.1) is 0 Å². The Hall–Kier alpha value is -0.890. The van der Waals surface area contributed by atoms with Crippen molar-refractivity contribution in [3.05, 3.63) is 36.5 Å². The van der Waals surface area contributed by atoms with E-state index in [0.29, 0.717) is 0 Å². The summed E-state index contributed by atoms with van der Waals surface area (Å²) in [6.07, 6.45) is 6.85. The summed E-state index contributed by atoms with van der Waals surface area (Å²) in [6.45, 7) is 3.33. The number of aromatic nitrogens is 1. The Labute approximate surface area is 73.5 Å². The maximum absolute atomic E-state index is 8.59. The highest BCUT2D eigenvalue weighted by Gasteiger charge is 1.97. The third-order valence-corrected chi connectivity index (χ3v) is 1.79. The molecular weight excluding hydrogens is 150 g/mol. The van der Waals surface area contributed by atoms with Gasteiger partial charge in [-0.2, -0.15) is 0 Å². The SMILES string of the molecule is CC[n+]1ccc([CH]CCO)cc1. The number of aliphatic hydroxyl groups is 1. The Morgan fingerprint density at radius 1 is 1.42 bits per heavy atom. The fraction of sp³-hybridized carbons (Fsp3) is 0.400. The van der Waals surface area contributed by atoms with Gasteiger partial charge < -0.3 is 5.11 Å². The molecule has 0 atom stereocenters. The van der Waals surface area contributed by atoms with Gasteiger partial charge in [0.05, 0.1) is 0 Å². The van der Waals surface area contributed by atoms with E-state index in [0.717, 1.165) is 13.0 Å². The molecular formula is C10H15NO+. The maximum Gasteiger partial charge on any atom is 0.169 e. The van der Waals surface area contributed by atoms with E-state index in [4.69, 9.17) is 5.11 Å².